The molecule has 0 aliphatic heterocycles. The number of hydrogen-bond donors (Lipinski definition) is 1. The summed E-state index contributed by atoms with van der Waals surface area (Å²) in [4.78, 5) is 16.4. The van der Waals surface area contributed by atoms with E-state index in [1.807, 2.05) is 0 Å². The van der Waals surface area contributed by atoms with Gasteiger partial charge in [0, 0.05) is 0 Å². The van der Waals surface area contributed by atoms with E-state index >= 15 is 0 Å². The summed E-state index contributed by atoms with van der Waals surface area (Å²) in [6.45, 7) is 3.93. The quantitative estimate of drug-likeness (QED) is 0.853. The van der Waals surface area contributed by atoms with Crippen LogP contribution in [0.4, 0.5) is 0 Å². The molecule has 18 heavy (non-hydrogen) atoms. The van der Waals surface area contributed by atoms with Gasteiger partial charge < -0.3 is 4.74 Å². The molecule has 0 bridgehead atoms. The molecular weight excluding hydrogens is 252 g/mol. The Balaban J connectivity index is 2.16. The van der Waals surface area contributed by atoms with Crippen LogP contribution in [0, 0.1) is 6.92 Å². The van der Waals surface area contributed by atoms with Crippen molar-refractivity contribution in [3.63, 3.8) is 0 Å². The van der Waals surface area contributed by atoms with Crippen LogP contribution in [0.5, 0.6) is 0 Å². The van der Waals surface area contributed by atoms with Gasteiger partial charge in [-0.05, 0) is 26.0 Å². The van der Waals surface area contributed by atoms with Crippen molar-refractivity contribution in [3.05, 3.63) is 27.5 Å². The molecule has 0 aliphatic carbocycles. The molecule has 0 amide bonds. The van der Waals surface area contributed by atoms with E-state index in [1.54, 1.807) is 32.2 Å². The summed E-state index contributed by atoms with van der Waals surface area (Å²) in [5.74, 6) is -0.325. The molecule has 0 atom stereocenters. The summed E-state index contributed by atoms with van der Waals surface area (Å²) >= 11 is 1.30. The number of aromatic amines is 1. The number of nitrogens with zero attached hydrogens (tertiary/aromatic N) is 3. The molecule has 2 heterocycles. The maximum atomic E-state index is 11.6. The molecule has 2 aromatic rings. The number of H-pyrrole nitrogens is 1. The second-order valence-corrected chi connectivity index (χ2v) is 4.45. The number of thiazole rings is 1. The first-order valence-electron chi connectivity index (χ1n) is 5.39. The van der Waals surface area contributed by atoms with E-state index in [0.717, 1.165) is 5.01 Å². The highest BCUT2D eigenvalue weighted by molar-refractivity contribution is 7.14. The zero-order valence-electron chi connectivity index (χ0n) is 10.0. The second kappa shape index (κ2) is 5.54. The topological polar surface area (TPSA) is 80.8 Å². The van der Waals surface area contributed by atoms with Gasteiger partial charge in [0.2, 0.25) is 0 Å². The van der Waals surface area contributed by atoms with Crippen LogP contribution in [-0.4, -0.2) is 33.0 Å². The summed E-state index contributed by atoms with van der Waals surface area (Å²) < 4.78 is 4.95. The fourth-order valence-electron chi connectivity index (χ4n) is 1.32. The average molecular weight is 264 g/mol. The van der Waals surface area contributed by atoms with E-state index in [1.165, 1.54) is 11.3 Å². The predicted molar refractivity (Wildman–Crippen MR) is 68.1 cm³/mol. The van der Waals surface area contributed by atoms with Crippen LogP contribution < -0.4 is 0 Å². The van der Waals surface area contributed by atoms with E-state index in [0.29, 0.717) is 22.9 Å². The van der Waals surface area contributed by atoms with E-state index in [-0.39, 0.29) is 5.97 Å². The van der Waals surface area contributed by atoms with Crippen LogP contribution in [0.1, 0.15) is 33.0 Å². The van der Waals surface area contributed by atoms with Gasteiger partial charge in [-0.3, -0.25) is 0 Å². The van der Waals surface area contributed by atoms with Crippen molar-refractivity contribution >= 4 is 29.5 Å². The number of esters is 1. The van der Waals surface area contributed by atoms with E-state index in [9.17, 15) is 4.79 Å². The monoisotopic (exact) mass is 264 g/mol. The Morgan fingerprint density at radius 2 is 2.39 bits per heavy atom. The third-order valence-electron chi connectivity index (χ3n) is 2.10. The lowest BCUT2D eigenvalue weighted by Gasteiger charge is -1.97. The summed E-state index contributed by atoms with van der Waals surface area (Å²) in [6, 6.07) is 0. The lowest BCUT2D eigenvalue weighted by atomic mass is 10.4. The first-order valence-corrected chi connectivity index (χ1v) is 6.20. The Labute approximate surface area is 108 Å². The molecule has 0 aliphatic rings. The normalized spacial score (nSPS) is 11.0. The van der Waals surface area contributed by atoms with Crippen LogP contribution >= 0.6 is 11.3 Å². The lowest BCUT2D eigenvalue weighted by Crippen LogP contribution is -2.03. The Hall–Kier alpha value is -2.02. The Morgan fingerprint density at radius 3 is 3.06 bits per heavy atom. The number of carbonyl (C=O) groups excluding carboxylic acids is 1. The fraction of sp³-hybridized carbons (Fsp3) is 0.273. The first kappa shape index (κ1) is 12.4. The summed E-state index contributed by atoms with van der Waals surface area (Å²) in [5, 5.41) is 10.8. The van der Waals surface area contributed by atoms with Gasteiger partial charge in [-0.25, -0.2) is 9.78 Å². The Bertz CT molecular complexity index is 560. The summed E-state index contributed by atoms with van der Waals surface area (Å²) in [5.41, 5.74) is 1.39. The largest absolute Gasteiger partial charge is 0.462 e. The van der Waals surface area contributed by atoms with Crippen molar-refractivity contribution in [3.8, 4) is 0 Å². The molecule has 2 aromatic heterocycles. The molecule has 0 aromatic carbocycles. The second-order valence-electron chi connectivity index (χ2n) is 3.42. The SMILES string of the molecule is CCOC(=O)c1sc(C=Cc2cn[nH]n2)nc1C. The van der Waals surface area contributed by atoms with Gasteiger partial charge in [0.25, 0.3) is 0 Å². The van der Waals surface area contributed by atoms with Crippen LogP contribution in [-0.2, 0) is 4.74 Å². The van der Waals surface area contributed by atoms with Crippen LogP contribution in [0.2, 0.25) is 0 Å². The molecule has 0 fully saturated rings. The molecule has 0 saturated heterocycles. The third-order valence-corrected chi connectivity index (χ3v) is 3.21. The van der Waals surface area contributed by atoms with Crippen molar-refractivity contribution in [1.29, 1.82) is 0 Å². The van der Waals surface area contributed by atoms with Gasteiger partial charge in [-0.15, -0.1) is 11.3 Å². The standard InChI is InChI=1S/C11H12N4O2S/c1-3-17-11(16)10-7(2)13-9(18-10)5-4-8-6-12-15-14-8/h4-6H,3H2,1-2H3,(H,12,14,15). The summed E-state index contributed by atoms with van der Waals surface area (Å²) in [6.07, 6.45) is 5.16. The number of carbonyl (C=O) groups is 1. The van der Waals surface area contributed by atoms with Crippen molar-refractivity contribution < 1.29 is 9.53 Å². The molecule has 2 rings (SSSR count). The zero-order chi connectivity index (χ0) is 13.0. The molecular formula is C11H12N4O2S. The number of rotatable bonds is 4. The first-order chi connectivity index (χ1) is 8.70. The fourth-order valence-corrected chi connectivity index (χ4v) is 2.19. The third kappa shape index (κ3) is 2.80. The highest BCUT2D eigenvalue weighted by Gasteiger charge is 2.14. The maximum Gasteiger partial charge on any atom is 0.350 e. The van der Waals surface area contributed by atoms with Gasteiger partial charge in [-0.1, -0.05) is 0 Å². The molecule has 6 nitrogen and oxygen atoms in total. The minimum atomic E-state index is -0.325. The number of hydrogen-bond acceptors (Lipinski definition) is 6. The van der Waals surface area contributed by atoms with E-state index in [4.69, 9.17) is 4.74 Å². The van der Waals surface area contributed by atoms with Gasteiger partial charge >= 0.3 is 5.97 Å². The van der Waals surface area contributed by atoms with Crippen LogP contribution in [0.15, 0.2) is 6.20 Å². The van der Waals surface area contributed by atoms with Gasteiger partial charge in [-0.2, -0.15) is 15.4 Å². The number of ether oxygens (including phenoxy) is 1. The van der Waals surface area contributed by atoms with E-state index < -0.39 is 0 Å². The Morgan fingerprint density at radius 1 is 1.56 bits per heavy atom. The number of aromatic nitrogens is 4. The molecule has 1 N–H and O–H groups in total. The average Bonchev–Trinajstić information content (AvgIpc) is 2.96. The van der Waals surface area contributed by atoms with Crippen molar-refractivity contribution in [1.82, 2.24) is 20.4 Å². The summed E-state index contributed by atoms with van der Waals surface area (Å²) in [7, 11) is 0. The van der Waals surface area contributed by atoms with Crippen LogP contribution in [0.3, 0.4) is 0 Å². The highest BCUT2D eigenvalue weighted by Crippen LogP contribution is 2.20. The van der Waals surface area contributed by atoms with Gasteiger partial charge in [0.05, 0.1) is 18.5 Å². The highest BCUT2D eigenvalue weighted by atomic mass is 32.1. The zero-order valence-corrected chi connectivity index (χ0v) is 10.8. The predicted octanol–water partition coefficient (Wildman–Crippen LogP) is 1.92. The van der Waals surface area contributed by atoms with Crippen molar-refractivity contribution in [2.24, 2.45) is 0 Å². The van der Waals surface area contributed by atoms with Crippen molar-refractivity contribution in [2.45, 2.75) is 13.8 Å². The van der Waals surface area contributed by atoms with Gasteiger partial charge in [0.1, 0.15) is 15.6 Å². The minimum Gasteiger partial charge on any atom is -0.462 e. The molecule has 0 saturated carbocycles. The number of aryl methyl sites for hydroxylation is 1. The molecule has 0 spiro atoms. The molecule has 0 unspecified atom stereocenters. The maximum absolute atomic E-state index is 11.6. The number of nitrogens with one attached hydrogen (secondary N) is 1. The smallest absolute Gasteiger partial charge is 0.350 e. The van der Waals surface area contributed by atoms with E-state index in [2.05, 4.69) is 20.4 Å². The molecule has 7 heteroatoms. The molecule has 0 radical (unpaired) electrons. The lowest BCUT2D eigenvalue weighted by molar-refractivity contribution is 0.0531. The molecule has 94 valence electrons. The van der Waals surface area contributed by atoms with Crippen molar-refractivity contribution in [2.75, 3.05) is 6.61 Å². The van der Waals surface area contributed by atoms with Gasteiger partial charge in [0.15, 0.2) is 0 Å². The minimum absolute atomic E-state index is 0.325. The Kier molecular flexibility index (Phi) is 3.83. The van der Waals surface area contributed by atoms with Crippen LogP contribution in [0.25, 0.3) is 12.2 Å².